The average Bonchev–Trinajstić information content (AvgIpc) is 2.20. The van der Waals surface area contributed by atoms with Gasteiger partial charge in [-0.15, -0.1) is 0 Å². The molecule has 0 aliphatic heterocycles. The molecule has 2 aromatic heterocycles. The lowest BCUT2D eigenvalue weighted by atomic mass is 10.1. The summed E-state index contributed by atoms with van der Waals surface area (Å²) in [4.78, 5) is 17.6. The number of aromatic amines is 1. The lowest BCUT2D eigenvalue weighted by Gasteiger charge is -2.00. The third kappa shape index (κ3) is 1.02. The number of pyridine rings is 2. The Labute approximate surface area is 78.8 Å². The number of nitrogen functional groups attached to an aromatic ring is 1. The number of aromatic nitrogens is 2. The highest BCUT2D eigenvalue weighted by molar-refractivity contribution is 5.91. The molecule has 0 fully saturated rings. The number of H-pyrrole nitrogens is 1. The zero-order valence-corrected chi connectivity index (χ0v) is 7.11. The van der Waals surface area contributed by atoms with Gasteiger partial charge in [-0.1, -0.05) is 0 Å². The minimum Gasteiger partial charge on any atom is -0.397 e. The van der Waals surface area contributed by atoms with E-state index in [1.54, 1.807) is 6.07 Å². The normalized spacial score (nSPS) is 9.93. The fourth-order valence-electron chi connectivity index (χ4n) is 1.25. The molecule has 0 amide bonds. The maximum absolute atomic E-state index is 11.3. The minimum atomic E-state index is -0.307. The van der Waals surface area contributed by atoms with E-state index in [9.17, 15) is 4.79 Å². The van der Waals surface area contributed by atoms with E-state index < -0.39 is 0 Å². The molecule has 0 atom stereocenters. The number of hydrogen-bond acceptors (Lipinski definition) is 4. The summed E-state index contributed by atoms with van der Waals surface area (Å²) in [7, 11) is 0. The molecule has 0 radical (unpaired) electrons. The quantitative estimate of drug-likeness (QED) is 0.621. The van der Waals surface area contributed by atoms with Crippen molar-refractivity contribution in [3.05, 3.63) is 34.4 Å². The molecular formula is C9H6N4O. The maximum atomic E-state index is 11.3. The van der Waals surface area contributed by atoms with E-state index in [2.05, 4.69) is 9.97 Å². The Balaban J connectivity index is 3.00. The van der Waals surface area contributed by atoms with Crippen LogP contribution < -0.4 is 11.3 Å². The number of nitrogens with zero attached hydrogens (tertiary/aromatic N) is 2. The molecule has 3 N–H and O–H groups in total. The fourth-order valence-corrected chi connectivity index (χ4v) is 1.25. The van der Waals surface area contributed by atoms with Crippen LogP contribution in [-0.4, -0.2) is 9.97 Å². The molecule has 68 valence electrons. The molecule has 0 aliphatic carbocycles. The van der Waals surface area contributed by atoms with Gasteiger partial charge in [0.05, 0.1) is 11.3 Å². The maximum Gasteiger partial charge on any atom is 0.274 e. The van der Waals surface area contributed by atoms with Gasteiger partial charge in [0.2, 0.25) is 0 Å². The molecule has 0 aromatic carbocycles. The second-order valence-electron chi connectivity index (χ2n) is 2.77. The number of nitriles is 1. The molecular weight excluding hydrogens is 180 g/mol. The fraction of sp³-hybridized carbons (Fsp3) is 0. The second-order valence-corrected chi connectivity index (χ2v) is 2.77. The van der Waals surface area contributed by atoms with Gasteiger partial charge < -0.3 is 10.7 Å². The van der Waals surface area contributed by atoms with E-state index in [0.29, 0.717) is 11.1 Å². The summed E-state index contributed by atoms with van der Waals surface area (Å²) < 4.78 is 0. The first-order valence-corrected chi connectivity index (χ1v) is 3.90. The van der Waals surface area contributed by atoms with E-state index in [4.69, 9.17) is 11.0 Å². The molecule has 0 aliphatic rings. The van der Waals surface area contributed by atoms with E-state index in [1.165, 1.54) is 12.4 Å². The smallest absolute Gasteiger partial charge is 0.274 e. The third-order valence-corrected chi connectivity index (χ3v) is 1.96. The van der Waals surface area contributed by atoms with Crippen LogP contribution in [0.4, 0.5) is 5.69 Å². The predicted octanol–water partition coefficient (Wildman–Crippen LogP) is 0.377. The van der Waals surface area contributed by atoms with E-state index in [-0.39, 0.29) is 16.6 Å². The molecule has 2 heterocycles. The van der Waals surface area contributed by atoms with Crippen molar-refractivity contribution >= 4 is 16.6 Å². The highest BCUT2D eigenvalue weighted by atomic mass is 16.1. The summed E-state index contributed by atoms with van der Waals surface area (Å²) in [5.74, 6) is 0. The van der Waals surface area contributed by atoms with Crippen LogP contribution in [0.2, 0.25) is 0 Å². The Bertz CT molecular complexity index is 594. The van der Waals surface area contributed by atoms with Crippen molar-refractivity contribution in [1.29, 1.82) is 5.26 Å². The van der Waals surface area contributed by atoms with Crippen molar-refractivity contribution in [3.63, 3.8) is 0 Å². The number of anilines is 1. The number of nitrogens with one attached hydrogen (secondary N) is 1. The molecule has 0 unspecified atom stereocenters. The van der Waals surface area contributed by atoms with Crippen LogP contribution in [0.5, 0.6) is 0 Å². The third-order valence-electron chi connectivity index (χ3n) is 1.96. The predicted molar refractivity (Wildman–Crippen MR) is 51.5 cm³/mol. The van der Waals surface area contributed by atoms with Crippen LogP contribution >= 0.6 is 0 Å². The van der Waals surface area contributed by atoms with E-state index in [0.717, 1.165) is 0 Å². The molecule has 0 bridgehead atoms. The molecule has 0 saturated heterocycles. The molecule has 2 aromatic rings. The molecule has 5 heteroatoms. The summed E-state index contributed by atoms with van der Waals surface area (Å²) in [5, 5.41) is 9.20. The first-order chi connectivity index (χ1) is 6.74. The Hall–Kier alpha value is -2.35. The van der Waals surface area contributed by atoms with Gasteiger partial charge in [0.1, 0.15) is 11.6 Å². The van der Waals surface area contributed by atoms with Crippen LogP contribution in [0.1, 0.15) is 5.56 Å². The molecule has 14 heavy (non-hydrogen) atoms. The lowest BCUT2D eigenvalue weighted by molar-refractivity contribution is 1.23. The van der Waals surface area contributed by atoms with Gasteiger partial charge in [0, 0.05) is 17.8 Å². The van der Waals surface area contributed by atoms with Gasteiger partial charge in [-0.3, -0.25) is 4.79 Å². The van der Waals surface area contributed by atoms with Crippen molar-refractivity contribution in [1.82, 2.24) is 9.97 Å². The van der Waals surface area contributed by atoms with Gasteiger partial charge in [-0.2, -0.15) is 5.26 Å². The average molecular weight is 186 g/mol. The zero-order valence-electron chi connectivity index (χ0n) is 7.11. The first kappa shape index (κ1) is 8.26. The van der Waals surface area contributed by atoms with Crippen molar-refractivity contribution in [3.8, 4) is 6.07 Å². The minimum absolute atomic E-state index is 0.254. The topological polar surface area (TPSA) is 95.6 Å². The molecule has 5 nitrogen and oxygen atoms in total. The first-order valence-electron chi connectivity index (χ1n) is 3.90. The standard InChI is InChI=1S/C9H6N4O/c10-3-5-4-13-8-6(7(5)11)1-2-12-9(8)14/h1-2,4H,(H2,11,13)(H,12,14). The van der Waals surface area contributed by atoms with Crippen LogP contribution in [0.25, 0.3) is 10.9 Å². The monoisotopic (exact) mass is 186 g/mol. The number of rotatable bonds is 0. The van der Waals surface area contributed by atoms with Crippen LogP contribution in [-0.2, 0) is 0 Å². The van der Waals surface area contributed by atoms with Crippen LogP contribution in [0, 0.1) is 11.3 Å². The van der Waals surface area contributed by atoms with E-state index >= 15 is 0 Å². The molecule has 0 spiro atoms. The largest absolute Gasteiger partial charge is 0.397 e. The molecule has 2 rings (SSSR count). The Morgan fingerprint density at radius 3 is 3.07 bits per heavy atom. The van der Waals surface area contributed by atoms with Gasteiger partial charge in [-0.05, 0) is 6.07 Å². The number of fused-ring (bicyclic) bond motifs is 1. The number of hydrogen-bond donors (Lipinski definition) is 2. The van der Waals surface area contributed by atoms with E-state index in [1.807, 2.05) is 6.07 Å². The highest BCUT2D eigenvalue weighted by Crippen LogP contribution is 2.18. The molecule has 0 saturated carbocycles. The summed E-state index contributed by atoms with van der Waals surface area (Å²) in [6.07, 6.45) is 2.77. The highest BCUT2D eigenvalue weighted by Gasteiger charge is 2.06. The van der Waals surface area contributed by atoms with Crippen molar-refractivity contribution in [2.24, 2.45) is 0 Å². The Morgan fingerprint density at radius 2 is 2.36 bits per heavy atom. The summed E-state index contributed by atoms with van der Waals surface area (Å²) in [5.41, 5.74) is 6.21. The Kier molecular flexibility index (Phi) is 1.68. The van der Waals surface area contributed by atoms with Crippen LogP contribution in [0.3, 0.4) is 0 Å². The van der Waals surface area contributed by atoms with Crippen molar-refractivity contribution in [2.45, 2.75) is 0 Å². The Morgan fingerprint density at radius 1 is 1.57 bits per heavy atom. The van der Waals surface area contributed by atoms with Gasteiger partial charge in [0.15, 0.2) is 0 Å². The van der Waals surface area contributed by atoms with Crippen LogP contribution in [0.15, 0.2) is 23.3 Å². The summed E-state index contributed by atoms with van der Waals surface area (Å²) in [6, 6.07) is 3.53. The SMILES string of the molecule is N#Cc1cnc2c(=O)[nH]ccc2c1N. The number of nitrogens with two attached hydrogens (primary N) is 1. The lowest BCUT2D eigenvalue weighted by Crippen LogP contribution is -2.08. The van der Waals surface area contributed by atoms with Crippen molar-refractivity contribution in [2.75, 3.05) is 5.73 Å². The zero-order chi connectivity index (χ0) is 10.1. The van der Waals surface area contributed by atoms with Gasteiger partial charge >= 0.3 is 0 Å². The van der Waals surface area contributed by atoms with Gasteiger partial charge in [0.25, 0.3) is 5.56 Å². The van der Waals surface area contributed by atoms with Crippen molar-refractivity contribution < 1.29 is 0 Å². The summed E-state index contributed by atoms with van der Waals surface area (Å²) in [6.45, 7) is 0. The summed E-state index contributed by atoms with van der Waals surface area (Å²) >= 11 is 0. The van der Waals surface area contributed by atoms with Gasteiger partial charge in [-0.25, -0.2) is 4.98 Å². The second kappa shape index (κ2) is 2.85.